The van der Waals surface area contributed by atoms with Crippen LogP contribution in [0.25, 0.3) is 0 Å². The Kier molecular flexibility index (Phi) is 5.88. The highest BCUT2D eigenvalue weighted by Crippen LogP contribution is 2.29. The van der Waals surface area contributed by atoms with Crippen molar-refractivity contribution in [3.63, 3.8) is 0 Å². The summed E-state index contributed by atoms with van der Waals surface area (Å²) in [5, 5.41) is 3.66. The summed E-state index contributed by atoms with van der Waals surface area (Å²) >= 11 is 12.0. The third-order valence-electron chi connectivity index (χ3n) is 3.88. The third-order valence-corrected chi connectivity index (χ3v) is 4.70. The van der Waals surface area contributed by atoms with E-state index in [4.69, 9.17) is 23.2 Å². The van der Waals surface area contributed by atoms with Crippen LogP contribution in [0, 0.1) is 0 Å². The van der Waals surface area contributed by atoms with Crippen LogP contribution in [0.3, 0.4) is 0 Å². The summed E-state index contributed by atoms with van der Waals surface area (Å²) in [7, 11) is 4.21. The van der Waals surface area contributed by atoms with Gasteiger partial charge in [0.05, 0.1) is 22.3 Å². The number of carbonyl (C=O) groups excluding carboxylic acids is 1. The van der Waals surface area contributed by atoms with Gasteiger partial charge in [0, 0.05) is 19.1 Å². The maximum atomic E-state index is 12.1. The Balaban J connectivity index is 1.84. The van der Waals surface area contributed by atoms with Crippen molar-refractivity contribution in [3.05, 3.63) is 28.2 Å². The molecule has 0 aliphatic carbocycles. The van der Waals surface area contributed by atoms with Crippen molar-refractivity contribution in [1.29, 1.82) is 0 Å². The van der Waals surface area contributed by atoms with Gasteiger partial charge in [-0.1, -0.05) is 29.3 Å². The first-order chi connectivity index (χ1) is 9.97. The van der Waals surface area contributed by atoms with Crippen LogP contribution in [0.5, 0.6) is 0 Å². The van der Waals surface area contributed by atoms with E-state index in [2.05, 4.69) is 29.2 Å². The molecule has 1 aliphatic heterocycles. The number of benzene rings is 1. The summed E-state index contributed by atoms with van der Waals surface area (Å²) in [6.07, 6.45) is 2.19. The van der Waals surface area contributed by atoms with Crippen molar-refractivity contribution in [2.45, 2.75) is 18.9 Å². The molecule has 0 bridgehead atoms. The number of rotatable bonds is 4. The second-order valence-corrected chi connectivity index (χ2v) is 6.41. The van der Waals surface area contributed by atoms with E-state index < -0.39 is 0 Å². The number of piperidine rings is 1. The Labute approximate surface area is 136 Å². The van der Waals surface area contributed by atoms with Crippen LogP contribution in [-0.4, -0.2) is 55.5 Å². The topological polar surface area (TPSA) is 35.6 Å². The lowest BCUT2D eigenvalue weighted by atomic mass is 10.0. The zero-order valence-electron chi connectivity index (χ0n) is 12.4. The summed E-state index contributed by atoms with van der Waals surface area (Å²) in [5.41, 5.74) is 0.567. The molecule has 4 nitrogen and oxygen atoms in total. The number of halogens is 2. The summed E-state index contributed by atoms with van der Waals surface area (Å²) in [6, 6.07) is 5.84. The minimum absolute atomic E-state index is 0.0533. The van der Waals surface area contributed by atoms with Gasteiger partial charge in [0.2, 0.25) is 5.91 Å². The molecule has 1 N–H and O–H groups in total. The number of hydrogen-bond acceptors (Lipinski definition) is 3. The first-order valence-corrected chi connectivity index (χ1v) is 7.85. The Hall–Kier alpha value is -0.810. The molecule has 1 fully saturated rings. The number of hydrogen-bond donors (Lipinski definition) is 1. The summed E-state index contributed by atoms with van der Waals surface area (Å²) in [4.78, 5) is 16.5. The number of nitrogens with zero attached hydrogens (tertiary/aromatic N) is 2. The third kappa shape index (κ3) is 4.58. The molecule has 0 radical (unpaired) electrons. The van der Waals surface area contributed by atoms with Crippen molar-refractivity contribution in [2.75, 3.05) is 39.0 Å². The predicted molar refractivity (Wildman–Crippen MR) is 88.2 cm³/mol. The van der Waals surface area contributed by atoms with E-state index in [1.807, 2.05) is 0 Å². The van der Waals surface area contributed by atoms with Crippen molar-refractivity contribution in [2.24, 2.45) is 0 Å². The minimum Gasteiger partial charge on any atom is -0.324 e. The molecule has 0 atom stereocenters. The maximum Gasteiger partial charge on any atom is 0.238 e. The van der Waals surface area contributed by atoms with Crippen molar-refractivity contribution in [3.8, 4) is 0 Å². The van der Waals surface area contributed by atoms with Crippen LogP contribution < -0.4 is 5.32 Å². The molecule has 1 aromatic rings. The molecule has 116 valence electrons. The van der Waals surface area contributed by atoms with Crippen LogP contribution in [0.15, 0.2) is 18.2 Å². The molecule has 0 aromatic heterocycles. The van der Waals surface area contributed by atoms with Gasteiger partial charge >= 0.3 is 0 Å². The number of amides is 1. The fourth-order valence-electron chi connectivity index (χ4n) is 2.59. The van der Waals surface area contributed by atoms with Crippen molar-refractivity contribution < 1.29 is 4.79 Å². The first-order valence-electron chi connectivity index (χ1n) is 7.10. The molecular formula is C15H21Cl2N3O. The molecule has 1 aromatic carbocycles. The SMILES string of the molecule is CN(C)C1CCN(CC(=O)Nc2cccc(Cl)c2Cl)CC1. The molecule has 0 unspecified atom stereocenters. The standard InChI is InChI=1S/C15H21Cl2N3O/c1-19(2)11-6-8-20(9-7-11)10-14(21)18-13-5-3-4-12(16)15(13)17/h3-5,11H,6-10H2,1-2H3,(H,18,21). The van der Waals surface area contributed by atoms with Gasteiger partial charge in [-0.05, 0) is 39.1 Å². The Morgan fingerprint density at radius 1 is 1.33 bits per heavy atom. The van der Waals surface area contributed by atoms with Gasteiger partial charge in [0.15, 0.2) is 0 Å². The highest BCUT2D eigenvalue weighted by atomic mass is 35.5. The van der Waals surface area contributed by atoms with E-state index in [0.29, 0.717) is 28.3 Å². The number of nitrogens with one attached hydrogen (secondary N) is 1. The van der Waals surface area contributed by atoms with Gasteiger partial charge in [-0.15, -0.1) is 0 Å². The number of anilines is 1. The molecular weight excluding hydrogens is 309 g/mol. The largest absolute Gasteiger partial charge is 0.324 e. The lowest BCUT2D eigenvalue weighted by molar-refractivity contribution is -0.117. The molecule has 1 heterocycles. The highest BCUT2D eigenvalue weighted by molar-refractivity contribution is 6.43. The highest BCUT2D eigenvalue weighted by Gasteiger charge is 2.22. The van der Waals surface area contributed by atoms with E-state index in [9.17, 15) is 4.79 Å². The molecule has 1 amide bonds. The normalized spacial score (nSPS) is 17.2. The van der Waals surface area contributed by atoms with E-state index in [0.717, 1.165) is 25.9 Å². The zero-order chi connectivity index (χ0) is 15.4. The van der Waals surface area contributed by atoms with Crippen LogP contribution in [0.2, 0.25) is 10.0 Å². The lowest BCUT2D eigenvalue weighted by Gasteiger charge is -2.34. The number of likely N-dealkylation sites (tertiary alicyclic amines) is 1. The molecule has 2 rings (SSSR count). The van der Waals surface area contributed by atoms with E-state index >= 15 is 0 Å². The van der Waals surface area contributed by atoms with Crippen molar-refractivity contribution in [1.82, 2.24) is 9.80 Å². The fourth-order valence-corrected chi connectivity index (χ4v) is 2.93. The maximum absolute atomic E-state index is 12.1. The van der Waals surface area contributed by atoms with Crippen LogP contribution in [0.4, 0.5) is 5.69 Å². The molecule has 21 heavy (non-hydrogen) atoms. The predicted octanol–water partition coefficient (Wildman–Crippen LogP) is 2.96. The monoisotopic (exact) mass is 329 g/mol. The van der Waals surface area contributed by atoms with Crippen molar-refractivity contribution >= 4 is 34.8 Å². The lowest BCUT2D eigenvalue weighted by Crippen LogP contribution is -2.44. The molecule has 1 saturated heterocycles. The molecule has 0 spiro atoms. The Morgan fingerprint density at radius 3 is 2.62 bits per heavy atom. The summed E-state index contributed by atoms with van der Waals surface area (Å²) in [5.74, 6) is -0.0533. The van der Waals surface area contributed by atoms with E-state index in [1.54, 1.807) is 18.2 Å². The van der Waals surface area contributed by atoms with Crippen LogP contribution >= 0.6 is 23.2 Å². The average Bonchev–Trinajstić information content (AvgIpc) is 2.44. The quantitative estimate of drug-likeness (QED) is 0.922. The smallest absolute Gasteiger partial charge is 0.238 e. The van der Waals surface area contributed by atoms with Crippen LogP contribution in [0.1, 0.15) is 12.8 Å². The fraction of sp³-hybridized carbons (Fsp3) is 0.533. The first kappa shape index (κ1) is 16.6. The van der Waals surface area contributed by atoms with Gasteiger partial charge in [-0.2, -0.15) is 0 Å². The second kappa shape index (κ2) is 7.45. The minimum atomic E-state index is -0.0533. The van der Waals surface area contributed by atoms with E-state index in [1.165, 1.54) is 0 Å². The second-order valence-electron chi connectivity index (χ2n) is 5.62. The summed E-state index contributed by atoms with van der Waals surface area (Å²) in [6.45, 7) is 2.28. The average molecular weight is 330 g/mol. The molecule has 0 saturated carbocycles. The van der Waals surface area contributed by atoms with E-state index in [-0.39, 0.29) is 5.91 Å². The van der Waals surface area contributed by atoms with Gasteiger partial charge < -0.3 is 10.2 Å². The molecule has 6 heteroatoms. The zero-order valence-corrected chi connectivity index (χ0v) is 13.9. The van der Waals surface area contributed by atoms with Gasteiger partial charge in [0.25, 0.3) is 0 Å². The van der Waals surface area contributed by atoms with Gasteiger partial charge in [-0.25, -0.2) is 0 Å². The van der Waals surface area contributed by atoms with Gasteiger partial charge in [0.1, 0.15) is 0 Å². The molecule has 1 aliphatic rings. The Morgan fingerprint density at radius 2 is 2.00 bits per heavy atom. The van der Waals surface area contributed by atoms with Gasteiger partial charge in [-0.3, -0.25) is 9.69 Å². The Bertz CT molecular complexity index is 500. The van der Waals surface area contributed by atoms with Crippen LogP contribution in [-0.2, 0) is 4.79 Å². The summed E-state index contributed by atoms with van der Waals surface area (Å²) < 4.78 is 0. The number of carbonyl (C=O) groups is 1.